The second kappa shape index (κ2) is 1.18. The Morgan fingerprint density at radius 2 is 1.57 bits per heavy atom. The first-order valence-corrected chi connectivity index (χ1v) is 2.57. The summed E-state index contributed by atoms with van der Waals surface area (Å²) in [6.07, 6.45) is 0.750. The molecule has 2 atom stereocenters. The topological polar surface area (TPSA) is 53.1 Å². The van der Waals surface area contributed by atoms with Gasteiger partial charge in [0.25, 0.3) is 0 Å². The lowest BCUT2D eigenvalue weighted by Crippen LogP contribution is -2.03. The summed E-state index contributed by atoms with van der Waals surface area (Å²) in [5.74, 6) is 0. The van der Waals surface area contributed by atoms with E-state index in [-0.39, 0.29) is 0 Å². The molecule has 2 aliphatic rings. The van der Waals surface area contributed by atoms with Gasteiger partial charge in [-0.3, -0.25) is 10.6 Å². The van der Waals surface area contributed by atoms with Crippen LogP contribution in [0.25, 0.3) is 0 Å². The van der Waals surface area contributed by atoms with E-state index in [9.17, 15) is 0 Å². The van der Waals surface area contributed by atoms with Crippen molar-refractivity contribution >= 4 is 0 Å². The zero-order chi connectivity index (χ0) is 4.69. The molecule has 0 saturated carbocycles. The number of nitrogens with one attached hydrogen (secondary N) is 2. The first-order valence-electron chi connectivity index (χ1n) is 2.57. The zero-order valence-electron chi connectivity index (χ0n) is 3.98. The molecule has 3 nitrogen and oxygen atoms in total. The molecule has 2 unspecified atom stereocenters. The quantitative estimate of drug-likeness (QED) is 0.431. The summed E-state index contributed by atoms with van der Waals surface area (Å²) in [5, 5.41) is 6.09. The average Bonchev–Trinajstić information content (AvgIpc) is 2.33. The minimum absolute atomic E-state index is 0.375. The number of rotatable bonds is 2. The van der Waals surface area contributed by atoms with Gasteiger partial charge in [0.15, 0.2) is 0 Å². The second-order valence-corrected chi connectivity index (χ2v) is 1.93. The van der Waals surface area contributed by atoms with E-state index in [4.69, 9.17) is 4.74 Å². The molecule has 0 bridgehead atoms. The molecule has 0 aromatic rings. The summed E-state index contributed by atoms with van der Waals surface area (Å²) >= 11 is 0. The third-order valence-corrected chi connectivity index (χ3v) is 1.07. The van der Waals surface area contributed by atoms with Crippen LogP contribution in [0.5, 0.6) is 0 Å². The fourth-order valence-corrected chi connectivity index (χ4v) is 0.487. The molecule has 2 heterocycles. The molecule has 2 saturated heterocycles. The van der Waals surface area contributed by atoms with Gasteiger partial charge in [0.1, 0.15) is 12.5 Å². The Morgan fingerprint density at radius 1 is 1.14 bits per heavy atom. The van der Waals surface area contributed by atoms with Crippen LogP contribution in [0.15, 0.2) is 0 Å². The van der Waals surface area contributed by atoms with E-state index in [0.717, 1.165) is 13.1 Å². The zero-order valence-corrected chi connectivity index (χ0v) is 3.98. The molecule has 7 heavy (non-hydrogen) atoms. The lowest BCUT2D eigenvalue weighted by Gasteiger charge is -1.89. The third kappa shape index (κ3) is 0.907. The molecule has 2 aliphatic heterocycles. The van der Waals surface area contributed by atoms with Gasteiger partial charge in [0, 0.05) is 13.1 Å². The number of hydrogen-bond acceptors (Lipinski definition) is 3. The first-order chi connectivity index (χ1) is 3.45. The first kappa shape index (κ1) is 3.83. The van der Waals surface area contributed by atoms with Crippen molar-refractivity contribution in [2.75, 3.05) is 13.1 Å². The summed E-state index contributed by atoms with van der Waals surface area (Å²) in [4.78, 5) is 0. The SMILES string of the molecule is C1NC1OC1CN1. The number of ether oxygens (including phenoxy) is 1. The maximum Gasteiger partial charge on any atom is 0.123 e. The van der Waals surface area contributed by atoms with Crippen LogP contribution in [0.3, 0.4) is 0 Å². The maximum absolute atomic E-state index is 5.25. The molecule has 0 aromatic heterocycles. The summed E-state index contributed by atoms with van der Waals surface area (Å²) in [6.45, 7) is 2.08. The van der Waals surface area contributed by atoms with Gasteiger partial charge in [0.05, 0.1) is 0 Å². The Hall–Kier alpha value is -0.120. The molecule has 2 rings (SSSR count). The molecular weight excluding hydrogens is 92.1 g/mol. The molecule has 2 N–H and O–H groups in total. The molecule has 40 valence electrons. The van der Waals surface area contributed by atoms with Crippen molar-refractivity contribution in [3.8, 4) is 0 Å². The van der Waals surface area contributed by atoms with E-state index < -0.39 is 0 Å². The van der Waals surface area contributed by atoms with Crippen LogP contribution in [0.1, 0.15) is 0 Å². The smallest absolute Gasteiger partial charge is 0.123 e. The van der Waals surface area contributed by atoms with Gasteiger partial charge in [-0.25, -0.2) is 0 Å². The predicted molar refractivity (Wildman–Crippen MR) is 24.7 cm³/mol. The standard InChI is InChI=1S/C4H8N2O/c1-3(5-1)7-4-2-6-4/h3-6H,1-2H2. The van der Waals surface area contributed by atoms with Crippen molar-refractivity contribution in [1.29, 1.82) is 0 Å². The Labute approximate surface area is 42.0 Å². The Bertz CT molecular complexity index is 67.8. The Morgan fingerprint density at radius 3 is 1.86 bits per heavy atom. The fraction of sp³-hybridized carbons (Fsp3) is 1.00. The van der Waals surface area contributed by atoms with Gasteiger partial charge in [-0.1, -0.05) is 0 Å². The summed E-state index contributed by atoms with van der Waals surface area (Å²) < 4.78 is 5.25. The highest BCUT2D eigenvalue weighted by molar-refractivity contribution is 4.80. The average molecular weight is 100 g/mol. The molecule has 3 heteroatoms. The molecular formula is C4H8N2O. The monoisotopic (exact) mass is 100 g/mol. The predicted octanol–water partition coefficient (Wildman–Crippen LogP) is -1.14. The minimum atomic E-state index is 0.375. The maximum atomic E-state index is 5.25. The normalized spacial score (nSPS) is 46.3. The van der Waals surface area contributed by atoms with E-state index in [2.05, 4.69) is 10.6 Å². The van der Waals surface area contributed by atoms with Crippen LogP contribution in [0, 0.1) is 0 Å². The largest absolute Gasteiger partial charge is 0.343 e. The fourth-order valence-electron chi connectivity index (χ4n) is 0.487. The third-order valence-electron chi connectivity index (χ3n) is 1.07. The lowest BCUT2D eigenvalue weighted by atomic mass is 10.8. The lowest BCUT2D eigenvalue weighted by molar-refractivity contribution is 0.0992. The molecule has 0 spiro atoms. The van der Waals surface area contributed by atoms with Crippen molar-refractivity contribution in [2.45, 2.75) is 12.5 Å². The van der Waals surface area contributed by atoms with E-state index >= 15 is 0 Å². The molecule has 2 fully saturated rings. The molecule has 0 amide bonds. The van der Waals surface area contributed by atoms with E-state index in [1.807, 2.05) is 0 Å². The van der Waals surface area contributed by atoms with Gasteiger partial charge in [-0.05, 0) is 0 Å². The van der Waals surface area contributed by atoms with Gasteiger partial charge in [0.2, 0.25) is 0 Å². The Kier molecular flexibility index (Phi) is 0.647. The van der Waals surface area contributed by atoms with Crippen LogP contribution in [0.2, 0.25) is 0 Å². The van der Waals surface area contributed by atoms with Gasteiger partial charge >= 0.3 is 0 Å². The molecule has 0 aliphatic carbocycles. The summed E-state index contributed by atoms with van der Waals surface area (Å²) in [5.41, 5.74) is 0. The molecule has 0 aromatic carbocycles. The van der Waals surface area contributed by atoms with Crippen molar-refractivity contribution in [3.63, 3.8) is 0 Å². The summed E-state index contributed by atoms with van der Waals surface area (Å²) in [7, 11) is 0. The van der Waals surface area contributed by atoms with E-state index in [0.29, 0.717) is 12.5 Å². The second-order valence-electron chi connectivity index (χ2n) is 1.93. The summed E-state index contributed by atoms with van der Waals surface area (Å²) in [6, 6.07) is 0. The van der Waals surface area contributed by atoms with Crippen molar-refractivity contribution < 1.29 is 4.74 Å². The highest BCUT2D eigenvalue weighted by Crippen LogP contribution is 2.07. The van der Waals surface area contributed by atoms with Crippen LogP contribution in [-0.4, -0.2) is 25.5 Å². The van der Waals surface area contributed by atoms with Crippen molar-refractivity contribution in [3.05, 3.63) is 0 Å². The molecule has 0 radical (unpaired) electrons. The Balaban J connectivity index is 1.69. The van der Waals surface area contributed by atoms with Gasteiger partial charge < -0.3 is 4.74 Å². The number of hydrogen-bond donors (Lipinski definition) is 2. The van der Waals surface area contributed by atoms with E-state index in [1.165, 1.54) is 0 Å². The van der Waals surface area contributed by atoms with Crippen LogP contribution >= 0.6 is 0 Å². The highest BCUT2D eigenvalue weighted by Gasteiger charge is 2.30. The van der Waals surface area contributed by atoms with Crippen LogP contribution in [-0.2, 0) is 4.74 Å². The van der Waals surface area contributed by atoms with Crippen LogP contribution < -0.4 is 10.6 Å². The van der Waals surface area contributed by atoms with Crippen molar-refractivity contribution in [1.82, 2.24) is 10.6 Å². The van der Waals surface area contributed by atoms with Crippen LogP contribution in [0.4, 0.5) is 0 Å². The van der Waals surface area contributed by atoms with Gasteiger partial charge in [-0.15, -0.1) is 0 Å². The van der Waals surface area contributed by atoms with E-state index in [1.54, 1.807) is 0 Å². The minimum Gasteiger partial charge on any atom is -0.343 e. The van der Waals surface area contributed by atoms with Crippen molar-refractivity contribution in [2.24, 2.45) is 0 Å². The highest BCUT2D eigenvalue weighted by atomic mass is 16.5. The van der Waals surface area contributed by atoms with Gasteiger partial charge in [-0.2, -0.15) is 0 Å².